The number of ether oxygens (including phenoxy) is 1. The summed E-state index contributed by atoms with van der Waals surface area (Å²) in [6, 6.07) is 10.3. The van der Waals surface area contributed by atoms with Crippen molar-refractivity contribution in [1.82, 2.24) is 5.32 Å². The molecular formula is C18H12Cl2N2O4. The van der Waals surface area contributed by atoms with Gasteiger partial charge in [0.25, 0.3) is 11.8 Å². The maximum atomic E-state index is 12.8. The normalized spacial score (nSPS) is 16.0. The molecule has 1 N–H and O–H groups in total. The lowest BCUT2D eigenvalue weighted by Gasteiger charge is -2.27. The molecule has 1 fully saturated rings. The number of halogens is 2. The van der Waals surface area contributed by atoms with Gasteiger partial charge < -0.3 is 4.74 Å². The molecule has 0 aromatic heterocycles. The molecule has 0 unspecified atom stereocenters. The van der Waals surface area contributed by atoms with Crippen LogP contribution in [0.15, 0.2) is 48.0 Å². The Hall–Kier alpha value is -2.83. The summed E-state index contributed by atoms with van der Waals surface area (Å²) in [4.78, 5) is 38.1. The second-order valence-electron chi connectivity index (χ2n) is 5.30. The minimum atomic E-state index is -0.858. The van der Waals surface area contributed by atoms with Gasteiger partial charge in [0.15, 0.2) is 0 Å². The fourth-order valence-electron chi connectivity index (χ4n) is 2.46. The molecule has 0 aliphatic carbocycles. The van der Waals surface area contributed by atoms with Gasteiger partial charge >= 0.3 is 6.03 Å². The molecule has 1 saturated heterocycles. The zero-order valence-electron chi connectivity index (χ0n) is 13.5. The Kier molecular flexibility index (Phi) is 4.97. The van der Waals surface area contributed by atoms with Crippen LogP contribution < -0.4 is 15.0 Å². The Morgan fingerprint density at radius 3 is 2.50 bits per heavy atom. The van der Waals surface area contributed by atoms with Crippen molar-refractivity contribution >= 4 is 52.8 Å². The predicted molar refractivity (Wildman–Crippen MR) is 98.5 cm³/mol. The number of benzene rings is 2. The highest BCUT2D eigenvalue weighted by molar-refractivity contribution is 6.40. The monoisotopic (exact) mass is 390 g/mol. The van der Waals surface area contributed by atoms with E-state index in [-0.39, 0.29) is 16.3 Å². The lowest BCUT2D eigenvalue weighted by molar-refractivity contribution is -0.122. The van der Waals surface area contributed by atoms with Crippen LogP contribution in [0, 0.1) is 0 Å². The van der Waals surface area contributed by atoms with Gasteiger partial charge in [-0.1, -0.05) is 41.4 Å². The highest BCUT2D eigenvalue weighted by atomic mass is 35.5. The van der Waals surface area contributed by atoms with Crippen LogP contribution in [0.3, 0.4) is 0 Å². The maximum Gasteiger partial charge on any atom is 0.336 e. The largest absolute Gasteiger partial charge is 0.495 e. The molecule has 4 amide bonds. The van der Waals surface area contributed by atoms with Crippen molar-refractivity contribution in [2.24, 2.45) is 0 Å². The number of amides is 4. The summed E-state index contributed by atoms with van der Waals surface area (Å²) in [7, 11) is 1.42. The lowest BCUT2D eigenvalue weighted by atomic mass is 10.1. The lowest BCUT2D eigenvalue weighted by Crippen LogP contribution is -2.54. The summed E-state index contributed by atoms with van der Waals surface area (Å²) in [5.74, 6) is -1.28. The molecule has 0 saturated carbocycles. The van der Waals surface area contributed by atoms with Gasteiger partial charge in [-0.15, -0.1) is 0 Å². The van der Waals surface area contributed by atoms with E-state index in [1.54, 1.807) is 36.4 Å². The van der Waals surface area contributed by atoms with Crippen LogP contribution in [0.4, 0.5) is 10.5 Å². The number of carbonyl (C=O) groups excluding carboxylic acids is 3. The molecule has 1 heterocycles. The number of rotatable bonds is 3. The van der Waals surface area contributed by atoms with E-state index in [0.29, 0.717) is 16.3 Å². The van der Waals surface area contributed by atoms with Crippen LogP contribution >= 0.6 is 23.2 Å². The van der Waals surface area contributed by atoms with Crippen molar-refractivity contribution in [1.29, 1.82) is 0 Å². The Labute approximate surface area is 158 Å². The average molecular weight is 391 g/mol. The van der Waals surface area contributed by atoms with Crippen LogP contribution in [-0.2, 0) is 9.59 Å². The highest BCUT2D eigenvalue weighted by Crippen LogP contribution is 2.31. The Balaban J connectivity index is 2.07. The van der Waals surface area contributed by atoms with Gasteiger partial charge in [-0.3, -0.25) is 14.9 Å². The van der Waals surface area contributed by atoms with Gasteiger partial charge in [0.2, 0.25) is 0 Å². The fourth-order valence-corrected chi connectivity index (χ4v) is 2.93. The summed E-state index contributed by atoms with van der Waals surface area (Å²) in [5.41, 5.74) is 0.404. The number of urea groups is 1. The summed E-state index contributed by atoms with van der Waals surface area (Å²) in [6.07, 6.45) is 1.31. The Bertz CT molecular complexity index is 956. The molecule has 2 aromatic rings. The number of carbonyl (C=O) groups is 3. The highest BCUT2D eigenvalue weighted by Gasteiger charge is 2.38. The third-order valence-electron chi connectivity index (χ3n) is 3.69. The van der Waals surface area contributed by atoms with E-state index >= 15 is 0 Å². The van der Waals surface area contributed by atoms with Gasteiger partial charge in [-0.2, -0.15) is 0 Å². The third kappa shape index (κ3) is 3.29. The van der Waals surface area contributed by atoms with Gasteiger partial charge in [0, 0.05) is 10.0 Å². The van der Waals surface area contributed by atoms with Crippen LogP contribution in [0.2, 0.25) is 10.0 Å². The molecule has 0 radical (unpaired) electrons. The summed E-state index contributed by atoms with van der Waals surface area (Å²) >= 11 is 12.0. The van der Waals surface area contributed by atoms with Crippen LogP contribution in [-0.4, -0.2) is 25.0 Å². The standard InChI is InChI=1S/C18H12Cl2N2O4/c1-26-15-5-3-2-4-14(15)22-17(24)12(16(23)21-18(22)25)8-10-6-7-11(19)9-13(10)20/h2-9H,1H3,(H,21,23,25). The first-order valence-corrected chi connectivity index (χ1v) is 8.17. The van der Waals surface area contributed by atoms with Gasteiger partial charge in [-0.05, 0) is 35.9 Å². The van der Waals surface area contributed by atoms with Crippen molar-refractivity contribution in [3.8, 4) is 5.75 Å². The van der Waals surface area contributed by atoms with Crippen LogP contribution in [0.1, 0.15) is 5.56 Å². The molecule has 6 nitrogen and oxygen atoms in total. The number of imide groups is 2. The van der Waals surface area contributed by atoms with Crippen LogP contribution in [0.5, 0.6) is 5.75 Å². The Morgan fingerprint density at radius 2 is 1.81 bits per heavy atom. The number of nitrogens with zero attached hydrogens (tertiary/aromatic N) is 1. The first-order valence-electron chi connectivity index (χ1n) is 7.42. The van der Waals surface area contributed by atoms with E-state index in [9.17, 15) is 14.4 Å². The SMILES string of the molecule is COc1ccccc1N1C(=O)NC(=O)C(=Cc2ccc(Cl)cc2Cl)C1=O. The number of hydrogen-bond acceptors (Lipinski definition) is 4. The molecule has 1 aliphatic rings. The van der Waals surface area contributed by atoms with E-state index in [1.165, 1.54) is 19.3 Å². The summed E-state index contributed by atoms with van der Waals surface area (Å²) in [5, 5.41) is 2.83. The molecular weight excluding hydrogens is 379 g/mol. The smallest absolute Gasteiger partial charge is 0.336 e. The first-order chi connectivity index (χ1) is 12.4. The summed E-state index contributed by atoms with van der Waals surface area (Å²) in [6.45, 7) is 0. The van der Waals surface area contributed by atoms with Crippen molar-refractivity contribution in [2.45, 2.75) is 0 Å². The van der Waals surface area contributed by atoms with E-state index in [1.807, 2.05) is 0 Å². The second-order valence-corrected chi connectivity index (χ2v) is 6.14. The zero-order chi connectivity index (χ0) is 18.8. The van der Waals surface area contributed by atoms with Crippen molar-refractivity contribution in [3.63, 3.8) is 0 Å². The minimum absolute atomic E-state index is 0.220. The number of anilines is 1. The fraction of sp³-hybridized carbons (Fsp3) is 0.0556. The molecule has 0 spiro atoms. The van der Waals surface area contributed by atoms with Crippen LogP contribution in [0.25, 0.3) is 6.08 Å². The number of methoxy groups -OCH3 is 1. The second kappa shape index (κ2) is 7.19. The number of barbiturate groups is 1. The summed E-state index contributed by atoms with van der Waals surface area (Å²) < 4.78 is 5.19. The molecule has 132 valence electrons. The van der Waals surface area contributed by atoms with Crippen molar-refractivity contribution in [2.75, 3.05) is 12.0 Å². The number of hydrogen-bond donors (Lipinski definition) is 1. The van der Waals surface area contributed by atoms with Gasteiger partial charge in [-0.25, -0.2) is 9.69 Å². The zero-order valence-corrected chi connectivity index (χ0v) is 15.0. The van der Waals surface area contributed by atoms with E-state index in [2.05, 4.69) is 5.32 Å². The van der Waals surface area contributed by atoms with Crippen molar-refractivity contribution in [3.05, 3.63) is 63.6 Å². The molecule has 3 rings (SSSR count). The maximum absolute atomic E-state index is 12.8. The van der Waals surface area contributed by atoms with Gasteiger partial charge in [0.1, 0.15) is 11.3 Å². The van der Waals surface area contributed by atoms with E-state index < -0.39 is 17.8 Å². The number of nitrogens with one attached hydrogen (secondary N) is 1. The minimum Gasteiger partial charge on any atom is -0.495 e. The topological polar surface area (TPSA) is 75.7 Å². The molecule has 8 heteroatoms. The van der Waals surface area contributed by atoms with Gasteiger partial charge in [0.05, 0.1) is 12.8 Å². The third-order valence-corrected chi connectivity index (χ3v) is 4.25. The predicted octanol–water partition coefficient (Wildman–Crippen LogP) is 3.67. The Morgan fingerprint density at radius 1 is 1.08 bits per heavy atom. The molecule has 1 aliphatic heterocycles. The average Bonchev–Trinajstić information content (AvgIpc) is 2.60. The quantitative estimate of drug-likeness (QED) is 0.640. The van der Waals surface area contributed by atoms with E-state index in [4.69, 9.17) is 27.9 Å². The molecule has 2 aromatic carbocycles. The number of para-hydroxylation sites is 2. The van der Waals surface area contributed by atoms with E-state index in [0.717, 1.165) is 4.90 Å². The molecule has 26 heavy (non-hydrogen) atoms. The van der Waals surface area contributed by atoms with Crippen molar-refractivity contribution < 1.29 is 19.1 Å². The molecule has 0 bridgehead atoms. The first kappa shape index (κ1) is 18.0. The molecule has 0 atom stereocenters.